The third kappa shape index (κ3) is 3.79. The van der Waals surface area contributed by atoms with Crippen LogP contribution in [-0.4, -0.2) is 0 Å². The molecule has 0 saturated heterocycles. The van der Waals surface area contributed by atoms with E-state index >= 15 is 0 Å². The Balaban J connectivity index is 1.80. The van der Waals surface area contributed by atoms with E-state index < -0.39 is 0 Å². The summed E-state index contributed by atoms with van der Waals surface area (Å²) >= 11 is 0. The maximum Gasteiger partial charge on any atom is 0.0999 e. The third-order valence-electron chi connectivity index (χ3n) is 3.83. The summed E-state index contributed by atoms with van der Waals surface area (Å²) in [6, 6.07) is 20.4. The van der Waals surface area contributed by atoms with Gasteiger partial charge in [-0.1, -0.05) is 71.8 Å². The molecule has 1 atom stereocenters. The van der Waals surface area contributed by atoms with Gasteiger partial charge >= 0.3 is 0 Å². The summed E-state index contributed by atoms with van der Waals surface area (Å²) in [6.45, 7) is 2.15. The lowest BCUT2D eigenvalue weighted by Gasteiger charge is -2.12. The summed E-state index contributed by atoms with van der Waals surface area (Å²) in [4.78, 5) is 0. The van der Waals surface area contributed by atoms with Crippen LogP contribution in [0.1, 0.15) is 31.4 Å². The van der Waals surface area contributed by atoms with Crippen LogP contribution in [0.5, 0.6) is 0 Å². The molecule has 0 aromatic heterocycles. The summed E-state index contributed by atoms with van der Waals surface area (Å²) in [7, 11) is 0. The molecule has 0 saturated carbocycles. The number of benzene rings is 2. The zero-order chi connectivity index (χ0) is 15.2. The first-order valence-corrected chi connectivity index (χ1v) is 7.68. The van der Waals surface area contributed by atoms with Crippen molar-refractivity contribution in [2.75, 3.05) is 0 Å². The Labute approximate surface area is 131 Å². The summed E-state index contributed by atoms with van der Waals surface area (Å²) in [5.74, 6) is 0. The van der Waals surface area contributed by atoms with Crippen LogP contribution in [0.2, 0.25) is 0 Å². The molecule has 0 spiro atoms. The highest BCUT2D eigenvalue weighted by Gasteiger charge is 2.14. The van der Waals surface area contributed by atoms with Gasteiger partial charge in [-0.05, 0) is 37.5 Å². The summed E-state index contributed by atoms with van der Waals surface area (Å²) in [5.41, 5.74) is 4.89. The van der Waals surface area contributed by atoms with Gasteiger partial charge in [0, 0.05) is 0 Å². The Bertz CT molecular complexity index is 697. The van der Waals surface area contributed by atoms with Crippen molar-refractivity contribution in [1.82, 2.24) is 0 Å². The molecule has 0 fully saturated rings. The Morgan fingerprint density at radius 3 is 2.27 bits per heavy atom. The molecule has 2 heteroatoms. The summed E-state index contributed by atoms with van der Waals surface area (Å²) in [5, 5.41) is 9.04. The van der Waals surface area contributed by atoms with Crippen molar-refractivity contribution in [3.63, 3.8) is 0 Å². The van der Waals surface area contributed by atoms with Gasteiger partial charge in [-0.25, -0.2) is 0 Å². The van der Waals surface area contributed by atoms with Gasteiger partial charge in [0.2, 0.25) is 0 Å². The molecule has 1 aliphatic rings. The normalized spacial score (nSPS) is 15.7. The molecule has 0 radical (unpaired) electrons. The fraction of sp³-hybridized carbons (Fsp3) is 0.200. The molecule has 0 N–H and O–H groups in total. The minimum Gasteiger partial charge on any atom is -0.180 e. The number of allylic oxidation sites excluding steroid dienone is 3. The van der Waals surface area contributed by atoms with Crippen LogP contribution in [0.4, 0.5) is 5.69 Å². The van der Waals surface area contributed by atoms with Gasteiger partial charge in [-0.15, -0.1) is 0 Å². The van der Waals surface area contributed by atoms with Crippen molar-refractivity contribution in [3.05, 3.63) is 89.5 Å². The van der Waals surface area contributed by atoms with E-state index in [1.807, 2.05) is 36.4 Å². The summed E-state index contributed by atoms with van der Waals surface area (Å²) < 4.78 is 0. The highest BCUT2D eigenvalue weighted by Crippen LogP contribution is 2.31. The first-order chi connectivity index (χ1) is 10.8. The lowest BCUT2D eigenvalue weighted by atomic mass is 9.99. The van der Waals surface area contributed by atoms with Gasteiger partial charge in [-0.2, -0.15) is 10.2 Å². The molecule has 0 aliphatic heterocycles. The number of rotatable bonds is 5. The molecule has 2 aromatic rings. The lowest BCUT2D eigenvalue weighted by Crippen LogP contribution is -1.96. The van der Waals surface area contributed by atoms with Gasteiger partial charge in [0.1, 0.15) is 0 Å². The van der Waals surface area contributed by atoms with Crippen molar-refractivity contribution in [1.29, 1.82) is 0 Å². The predicted molar refractivity (Wildman–Crippen MR) is 91.2 cm³/mol. The SMILES string of the molecule is CC1=CCC(CC(N=Nc2ccccc2)c2ccccc2)=C1. The minimum absolute atomic E-state index is 0.0759. The monoisotopic (exact) mass is 288 g/mol. The smallest absolute Gasteiger partial charge is 0.0999 e. The first-order valence-electron chi connectivity index (χ1n) is 7.68. The first kappa shape index (κ1) is 14.5. The Morgan fingerprint density at radius 1 is 0.955 bits per heavy atom. The zero-order valence-corrected chi connectivity index (χ0v) is 12.8. The maximum atomic E-state index is 4.61. The molecule has 2 aromatic carbocycles. The molecule has 22 heavy (non-hydrogen) atoms. The van der Waals surface area contributed by atoms with Crippen LogP contribution in [-0.2, 0) is 0 Å². The van der Waals surface area contributed by atoms with E-state index in [-0.39, 0.29) is 6.04 Å². The minimum atomic E-state index is 0.0759. The van der Waals surface area contributed by atoms with Crippen molar-refractivity contribution in [2.45, 2.75) is 25.8 Å². The van der Waals surface area contributed by atoms with E-state index in [0.717, 1.165) is 18.5 Å². The molecule has 3 rings (SSSR count). The Morgan fingerprint density at radius 2 is 1.64 bits per heavy atom. The van der Waals surface area contributed by atoms with E-state index in [1.54, 1.807) is 0 Å². The molecule has 1 unspecified atom stereocenters. The highest BCUT2D eigenvalue weighted by atomic mass is 15.1. The van der Waals surface area contributed by atoms with Gasteiger partial charge in [-0.3, -0.25) is 0 Å². The topological polar surface area (TPSA) is 24.7 Å². The average molecular weight is 288 g/mol. The van der Waals surface area contributed by atoms with Crippen molar-refractivity contribution >= 4 is 5.69 Å². The molecule has 0 bridgehead atoms. The van der Waals surface area contributed by atoms with Crippen molar-refractivity contribution < 1.29 is 0 Å². The van der Waals surface area contributed by atoms with Crippen molar-refractivity contribution in [3.8, 4) is 0 Å². The van der Waals surface area contributed by atoms with Crippen LogP contribution in [0.15, 0.2) is 94.2 Å². The Hall–Kier alpha value is -2.48. The molecule has 2 nitrogen and oxygen atoms in total. The Kier molecular flexibility index (Phi) is 4.59. The van der Waals surface area contributed by atoms with Crippen LogP contribution < -0.4 is 0 Å². The number of hydrogen-bond acceptors (Lipinski definition) is 2. The third-order valence-corrected chi connectivity index (χ3v) is 3.83. The molecule has 0 heterocycles. The van der Waals surface area contributed by atoms with Gasteiger partial charge in [0.05, 0.1) is 11.7 Å². The average Bonchev–Trinajstić information content (AvgIpc) is 2.98. The van der Waals surface area contributed by atoms with Gasteiger partial charge in [0.25, 0.3) is 0 Å². The second-order valence-corrected chi connectivity index (χ2v) is 5.64. The fourth-order valence-corrected chi connectivity index (χ4v) is 2.65. The standard InChI is InChI=1S/C20H20N2/c1-16-12-13-17(14-16)15-20(18-8-4-2-5-9-18)22-21-19-10-6-3-7-11-19/h2-12,14,20H,13,15H2,1H3. The second-order valence-electron chi connectivity index (χ2n) is 5.64. The predicted octanol–water partition coefficient (Wildman–Crippen LogP) is 6.18. The van der Waals surface area contributed by atoms with Crippen LogP contribution in [0.3, 0.4) is 0 Å². The largest absolute Gasteiger partial charge is 0.180 e. The van der Waals surface area contributed by atoms with Crippen LogP contribution >= 0.6 is 0 Å². The molecular weight excluding hydrogens is 268 g/mol. The van der Waals surface area contributed by atoms with E-state index in [0.29, 0.717) is 0 Å². The quantitative estimate of drug-likeness (QED) is 0.587. The highest BCUT2D eigenvalue weighted by molar-refractivity contribution is 5.35. The van der Waals surface area contributed by atoms with E-state index in [9.17, 15) is 0 Å². The molecule has 1 aliphatic carbocycles. The zero-order valence-electron chi connectivity index (χ0n) is 12.8. The van der Waals surface area contributed by atoms with Gasteiger partial charge < -0.3 is 0 Å². The molecule has 110 valence electrons. The van der Waals surface area contributed by atoms with E-state index in [4.69, 9.17) is 0 Å². The van der Waals surface area contributed by atoms with E-state index in [1.165, 1.54) is 16.7 Å². The van der Waals surface area contributed by atoms with E-state index in [2.05, 4.69) is 53.6 Å². The summed E-state index contributed by atoms with van der Waals surface area (Å²) in [6.07, 6.45) is 6.50. The number of nitrogens with zero attached hydrogens (tertiary/aromatic N) is 2. The fourth-order valence-electron chi connectivity index (χ4n) is 2.65. The second kappa shape index (κ2) is 6.99. The van der Waals surface area contributed by atoms with Crippen LogP contribution in [0, 0.1) is 0 Å². The molecular formula is C20H20N2. The molecule has 0 amide bonds. The maximum absolute atomic E-state index is 4.61. The number of hydrogen-bond donors (Lipinski definition) is 0. The van der Waals surface area contributed by atoms with Gasteiger partial charge in [0.15, 0.2) is 0 Å². The van der Waals surface area contributed by atoms with Crippen molar-refractivity contribution in [2.24, 2.45) is 10.2 Å². The van der Waals surface area contributed by atoms with Crippen LogP contribution in [0.25, 0.3) is 0 Å². The lowest BCUT2D eigenvalue weighted by molar-refractivity contribution is 0.674. The number of azo groups is 1.